The summed E-state index contributed by atoms with van der Waals surface area (Å²) >= 11 is 0. The lowest BCUT2D eigenvalue weighted by molar-refractivity contribution is -0.275. The number of aromatic hydroxyl groups is 2. The molecule has 0 aliphatic rings. The molecule has 0 aliphatic carbocycles. The van der Waals surface area contributed by atoms with Gasteiger partial charge in [-0.3, -0.25) is 9.68 Å². The molecule has 0 heterocycles. The Morgan fingerprint density at radius 1 is 0.703 bits per heavy atom. The lowest BCUT2D eigenvalue weighted by Gasteiger charge is -2.22. The SMILES string of the molecule is Cc1cc(CCC(=O)OCCOOC(=O)CCc2cc(C)c(O)c(C(C)(C)C)c2)cc(C(C)(C)C)c1O. The highest BCUT2D eigenvalue weighted by Crippen LogP contribution is 2.35. The highest BCUT2D eigenvalue weighted by Gasteiger charge is 2.21. The third-order valence-corrected chi connectivity index (χ3v) is 6.15. The van der Waals surface area contributed by atoms with Crippen LogP contribution in [0.2, 0.25) is 0 Å². The van der Waals surface area contributed by atoms with Crippen molar-refractivity contribution in [3.05, 3.63) is 57.6 Å². The minimum Gasteiger partial charge on any atom is -0.507 e. The molecule has 0 saturated carbocycles. The zero-order valence-corrected chi connectivity index (χ0v) is 23.5. The summed E-state index contributed by atoms with van der Waals surface area (Å²) in [6.45, 7) is 15.8. The van der Waals surface area contributed by atoms with E-state index in [2.05, 4.69) is 0 Å². The van der Waals surface area contributed by atoms with Crippen LogP contribution in [0.25, 0.3) is 0 Å². The van der Waals surface area contributed by atoms with Crippen LogP contribution in [0.4, 0.5) is 0 Å². The van der Waals surface area contributed by atoms with Gasteiger partial charge in [-0.25, -0.2) is 4.79 Å². The van der Waals surface area contributed by atoms with Gasteiger partial charge in [-0.1, -0.05) is 65.8 Å². The maximum absolute atomic E-state index is 12.1. The van der Waals surface area contributed by atoms with Crippen LogP contribution in [0.3, 0.4) is 0 Å². The minimum atomic E-state index is -0.522. The average Bonchev–Trinajstić information content (AvgIpc) is 2.78. The number of phenolic OH excluding ortho intramolecular Hbond substituents is 2. The number of hydrogen-bond acceptors (Lipinski definition) is 7. The van der Waals surface area contributed by atoms with Crippen molar-refractivity contribution in [1.82, 2.24) is 0 Å². The Morgan fingerprint density at radius 2 is 1.14 bits per heavy atom. The maximum Gasteiger partial charge on any atom is 0.342 e. The van der Waals surface area contributed by atoms with Crippen molar-refractivity contribution in [1.29, 1.82) is 0 Å². The summed E-state index contributed by atoms with van der Waals surface area (Å²) in [6, 6.07) is 7.59. The molecular weight excluding hydrogens is 472 g/mol. The first-order chi connectivity index (χ1) is 17.1. The van der Waals surface area contributed by atoms with Crippen molar-refractivity contribution >= 4 is 11.9 Å². The lowest BCUT2D eigenvalue weighted by Crippen LogP contribution is -2.15. The summed E-state index contributed by atoms with van der Waals surface area (Å²) < 4.78 is 5.17. The van der Waals surface area contributed by atoms with E-state index in [4.69, 9.17) is 14.5 Å². The molecule has 7 nitrogen and oxygen atoms in total. The molecule has 2 aromatic carbocycles. The first-order valence-corrected chi connectivity index (χ1v) is 12.7. The van der Waals surface area contributed by atoms with E-state index in [9.17, 15) is 19.8 Å². The first-order valence-electron chi connectivity index (χ1n) is 12.7. The second-order valence-corrected chi connectivity index (χ2v) is 11.6. The van der Waals surface area contributed by atoms with Crippen molar-refractivity contribution in [3.63, 3.8) is 0 Å². The van der Waals surface area contributed by atoms with Gasteiger partial charge in [0.1, 0.15) is 24.7 Å². The monoisotopic (exact) mass is 514 g/mol. The average molecular weight is 515 g/mol. The van der Waals surface area contributed by atoms with E-state index in [0.29, 0.717) is 18.6 Å². The molecule has 204 valence electrons. The molecule has 2 aromatic rings. The Labute approximate surface area is 220 Å². The largest absolute Gasteiger partial charge is 0.507 e. The van der Waals surface area contributed by atoms with Crippen LogP contribution in [0.1, 0.15) is 87.8 Å². The number of phenols is 2. The zero-order chi connectivity index (χ0) is 28.0. The lowest BCUT2D eigenvalue weighted by atomic mass is 9.83. The van der Waals surface area contributed by atoms with Crippen molar-refractivity contribution in [2.24, 2.45) is 0 Å². The second-order valence-electron chi connectivity index (χ2n) is 11.6. The Balaban J connectivity index is 1.71. The molecule has 0 aromatic heterocycles. The number of hydrogen-bond donors (Lipinski definition) is 2. The van der Waals surface area contributed by atoms with Crippen LogP contribution >= 0.6 is 0 Å². The van der Waals surface area contributed by atoms with Gasteiger partial charge in [0.05, 0.1) is 6.42 Å². The number of carbonyl (C=O) groups excluding carboxylic acids is 2. The van der Waals surface area contributed by atoms with Crippen LogP contribution in [0, 0.1) is 13.8 Å². The Morgan fingerprint density at radius 3 is 1.57 bits per heavy atom. The van der Waals surface area contributed by atoms with E-state index in [1.165, 1.54) is 0 Å². The summed E-state index contributed by atoms with van der Waals surface area (Å²) in [4.78, 5) is 33.8. The van der Waals surface area contributed by atoms with Gasteiger partial charge in [-0.05, 0) is 70.9 Å². The summed E-state index contributed by atoms with van der Waals surface area (Å²) in [5, 5.41) is 20.7. The highest BCUT2D eigenvalue weighted by atomic mass is 17.2. The predicted molar refractivity (Wildman–Crippen MR) is 143 cm³/mol. The number of rotatable bonds is 10. The third-order valence-electron chi connectivity index (χ3n) is 6.15. The van der Waals surface area contributed by atoms with Crippen LogP contribution in [0.5, 0.6) is 11.5 Å². The van der Waals surface area contributed by atoms with Gasteiger partial charge in [-0.2, -0.15) is 4.89 Å². The van der Waals surface area contributed by atoms with Crippen molar-refractivity contribution in [2.45, 2.75) is 91.9 Å². The fourth-order valence-electron chi connectivity index (χ4n) is 4.04. The molecule has 37 heavy (non-hydrogen) atoms. The molecule has 7 heteroatoms. The molecule has 2 rings (SSSR count). The van der Waals surface area contributed by atoms with E-state index >= 15 is 0 Å². The molecule has 2 N–H and O–H groups in total. The fourth-order valence-corrected chi connectivity index (χ4v) is 4.04. The van der Waals surface area contributed by atoms with Crippen LogP contribution < -0.4 is 0 Å². The van der Waals surface area contributed by atoms with Crippen LogP contribution in [-0.4, -0.2) is 35.4 Å². The van der Waals surface area contributed by atoms with Gasteiger partial charge in [-0.15, -0.1) is 0 Å². The van der Waals surface area contributed by atoms with Gasteiger partial charge in [0.25, 0.3) is 0 Å². The van der Waals surface area contributed by atoms with Crippen molar-refractivity contribution in [2.75, 3.05) is 13.2 Å². The number of esters is 1. The Bertz CT molecular complexity index is 1020. The molecule has 0 radical (unpaired) electrons. The standard InChI is InChI=1S/C30H42O7/c1-19-15-21(17-23(27(19)33)29(3,4)5)9-11-25(31)35-13-14-36-37-26(32)12-10-22-16-20(2)28(34)24(18-22)30(6,7)8/h15-18,33-34H,9-14H2,1-8H3. The summed E-state index contributed by atoms with van der Waals surface area (Å²) in [5.41, 5.74) is 4.70. The van der Waals surface area contributed by atoms with Crippen molar-refractivity contribution < 1.29 is 34.3 Å². The van der Waals surface area contributed by atoms with E-state index in [0.717, 1.165) is 33.4 Å². The molecule has 0 amide bonds. The molecule has 0 fully saturated rings. The smallest absolute Gasteiger partial charge is 0.342 e. The van der Waals surface area contributed by atoms with Gasteiger partial charge in [0, 0.05) is 6.42 Å². The van der Waals surface area contributed by atoms with E-state index in [1.807, 2.05) is 79.7 Å². The summed E-state index contributed by atoms with van der Waals surface area (Å²) in [7, 11) is 0. The third kappa shape index (κ3) is 9.08. The summed E-state index contributed by atoms with van der Waals surface area (Å²) in [5.74, 6) is -0.329. The van der Waals surface area contributed by atoms with Gasteiger partial charge < -0.3 is 14.9 Å². The molecule has 0 aliphatic heterocycles. The fraction of sp³-hybridized carbons (Fsp3) is 0.533. The Kier molecular flexibility index (Phi) is 10.2. The molecule has 0 spiro atoms. The molecule has 0 unspecified atom stereocenters. The van der Waals surface area contributed by atoms with Crippen LogP contribution in [0.15, 0.2) is 24.3 Å². The highest BCUT2D eigenvalue weighted by molar-refractivity contribution is 5.70. The quantitative estimate of drug-likeness (QED) is 0.176. The van der Waals surface area contributed by atoms with Crippen LogP contribution in [-0.2, 0) is 47.8 Å². The normalized spacial score (nSPS) is 11.9. The van der Waals surface area contributed by atoms with Gasteiger partial charge in [0.15, 0.2) is 0 Å². The van der Waals surface area contributed by atoms with E-state index in [-0.39, 0.29) is 48.6 Å². The number of carbonyl (C=O) groups is 2. The number of benzene rings is 2. The van der Waals surface area contributed by atoms with Gasteiger partial charge in [0.2, 0.25) is 0 Å². The summed E-state index contributed by atoms with van der Waals surface area (Å²) in [6.07, 6.45) is 1.26. The molecule has 0 bridgehead atoms. The first kappa shape index (κ1) is 30.2. The number of ether oxygens (including phenoxy) is 1. The second kappa shape index (κ2) is 12.5. The van der Waals surface area contributed by atoms with E-state index < -0.39 is 5.97 Å². The minimum absolute atomic E-state index is 0.0277. The predicted octanol–water partition coefficient (Wildman–Crippen LogP) is 5.89. The Hall–Kier alpha value is -3.06. The molecule has 0 saturated heterocycles. The zero-order valence-electron chi connectivity index (χ0n) is 23.5. The molecule has 0 atom stereocenters. The topological polar surface area (TPSA) is 102 Å². The van der Waals surface area contributed by atoms with E-state index in [1.54, 1.807) is 0 Å². The maximum atomic E-state index is 12.1. The number of aryl methyl sites for hydroxylation is 4. The van der Waals surface area contributed by atoms with Crippen molar-refractivity contribution in [3.8, 4) is 11.5 Å². The van der Waals surface area contributed by atoms with Gasteiger partial charge >= 0.3 is 11.9 Å². The molecular formula is C30H42O7.